The summed E-state index contributed by atoms with van der Waals surface area (Å²) >= 11 is 0. The summed E-state index contributed by atoms with van der Waals surface area (Å²) in [5.41, 5.74) is 3.25. The number of rotatable bonds is 4. The lowest BCUT2D eigenvalue weighted by Gasteiger charge is -2.06. The molecule has 0 unspecified atom stereocenters. The molecule has 0 fully saturated rings. The van der Waals surface area contributed by atoms with Crippen molar-refractivity contribution in [3.05, 3.63) is 25.3 Å². The maximum atomic E-state index is 3.63. The molecule has 12 heavy (non-hydrogen) atoms. The maximum Gasteiger partial charge on any atom is 0.0955 e. The quantitative estimate of drug-likeness (QED) is 0.437. The van der Waals surface area contributed by atoms with Gasteiger partial charge in [0.1, 0.15) is 0 Å². The monoisotopic (exact) mass is 214 g/mol. The summed E-state index contributed by atoms with van der Waals surface area (Å²) in [5.74, 6) is 0. The van der Waals surface area contributed by atoms with E-state index < -0.39 is 0 Å². The fourth-order valence-corrected chi connectivity index (χ4v) is 0.576. The van der Waals surface area contributed by atoms with Crippen LogP contribution in [0.1, 0.15) is 0 Å². The highest BCUT2D eigenvalue weighted by Crippen LogP contribution is 1.51. The Kier molecular flexibility index (Phi) is 42.4. The van der Waals surface area contributed by atoms with Gasteiger partial charge in [-0.3, -0.25) is 0 Å². The average Bonchev–Trinajstić information content (AvgIpc) is 1.93. The van der Waals surface area contributed by atoms with Gasteiger partial charge in [-0.15, -0.1) is 0 Å². The van der Waals surface area contributed by atoms with Crippen LogP contribution >= 0.6 is 0 Å². The predicted molar refractivity (Wildman–Crippen MR) is 45.8 cm³/mol. The Morgan fingerprint density at radius 2 is 1.33 bits per heavy atom. The van der Waals surface area contributed by atoms with Crippen LogP contribution < -0.4 is 35.4 Å². The van der Waals surface area contributed by atoms with Crippen molar-refractivity contribution in [2.45, 2.75) is 0 Å². The molecule has 0 radical (unpaired) electrons. The zero-order valence-corrected chi connectivity index (χ0v) is 9.46. The number of quaternary nitrogens is 2. The molecule has 0 saturated carbocycles. The summed E-state index contributed by atoms with van der Waals surface area (Å²) in [5, 5.41) is 0. The van der Waals surface area contributed by atoms with Gasteiger partial charge >= 0.3 is 0 Å². The van der Waals surface area contributed by atoms with Crippen molar-refractivity contribution in [1.82, 2.24) is 0 Å². The molecule has 76 valence electrons. The molecule has 0 aromatic carbocycles. The van der Waals surface area contributed by atoms with Crippen LogP contribution in [0.5, 0.6) is 0 Å². The average molecular weight is 215 g/mol. The van der Waals surface area contributed by atoms with E-state index in [-0.39, 0.29) is 24.8 Å². The van der Waals surface area contributed by atoms with E-state index in [1.54, 1.807) is 7.05 Å². The third kappa shape index (κ3) is 22.5. The topological polar surface area (TPSA) is 32.1 Å². The SMILES string of the molecule is C=CC[NH+](C)CC=C.C[NH3+].[Cl-].[Cl-]. The zero-order chi connectivity index (χ0) is 8.41. The van der Waals surface area contributed by atoms with E-state index >= 15 is 0 Å². The molecular formula is C8H20Cl2N2. The molecule has 0 saturated heterocycles. The summed E-state index contributed by atoms with van der Waals surface area (Å²) in [7, 11) is 3.86. The van der Waals surface area contributed by atoms with Crippen LogP contribution in [0.25, 0.3) is 0 Å². The van der Waals surface area contributed by atoms with E-state index in [1.807, 2.05) is 12.2 Å². The summed E-state index contributed by atoms with van der Waals surface area (Å²) < 4.78 is 0. The Morgan fingerprint density at radius 1 is 1.08 bits per heavy atom. The van der Waals surface area contributed by atoms with Crippen LogP contribution in [-0.4, -0.2) is 27.2 Å². The molecule has 0 atom stereocenters. The minimum absolute atomic E-state index is 0. The number of likely N-dealkylation sites (N-methyl/N-ethyl adjacent to an activating group) is 1. The first-order valence-electron chi connectivity index (χ1n) is 3.55. The molecule has 0 heterocycles. The highest BCUT2D eigenvalue weighted by Gasteiger charge is 1.89. The van der Waals surface area contributed by atoms with Gasteiger partial charge in [0.05, 0.1) is 27.2 Å². The van der Waals surface area contributed by atoms with Crippen molar-refractivity contribution < 1.29 is 35.4 Å². The van der Waals surface area contributed by atoms with Gasteiger partial charge in [-0.25, -0.2) is 0 Å². The van der Waals surface area contributed by atoms with Gasteiger partial charge in [0.15, 0.2) is 0 Å². The van der Waals surface area contributed by atoms with Gasteiger partial charge in [-0.2, -0.15) is 0 Å². The number of nitrogens with one attached hydrogen (secondary N) is 1. The minimum Gasteiger partial charge on any atom is -1.00 e. The predicted octanol–water partition coefficient (Wildman–Crippen LogP) is -7.26. The lowest BCUT2D eigenvalue weighted by atomic mass is 10.5. The standard InChI is InChI=1S/C7H13N.CH5N.2ClH/c1-4-6-8(3)7-5-2;1-2;;/h4-5H,1-2,6-7H2,3H3;2H2,1H3;2*1H. The van der Waals surface area contributed by atoms with E-state index in [0.717, 1.165) is 13.1 Å². The van der Waals surface area contributed by atoms with Crippen LogP contribution in [0.15, 0.2) is 25.3 Å². The molecule has 0 bridgehead atoms. The molecule has 0 amide bonds. The van der Waals surface area contributed by atoms with Crippen LogP contribution in [0.4, 0.5) is 0 Å². The fraction of sp³-hybridized carbons (Fsp3) is 0.500. The molecule has 4 heteroatoms. The van der Waals surface area contributed by atoms with E-state index in [0.29, 0.717) is 0 Å². The van der Waals surface area contributed by atoms with Crippen molar-refractivity contribution in [2.75, 3.05) is 27.2 Å². The number of hydrogen-bond donors (Lipinski definition) is 2. The largest absolute Gasteiger partial charge is 1.00 e. The van der Waals surface area contributed by atoms with E-state index in [2.05, 4.69) is 25.9 Å². The van der Waals surface area contributed by atoms with Crippen molar-refractivity contribution in [1.29, 1.82) is 0 Å². The Labute approximate surface area is 88.3 Å². The van der Waals surface area contributed by atoms with Gasteiger partial charge in [0.25, 0.3) is 0 Å². The molecule has 0 aliphatic carbocycles. The van der Waals surface area contributed by atoms with Crippen LogP contribution in [0, 0.1) is 0 Å². The third-order valence-corrected chi connectivity index (χ3v) is 0.986. The van der Waals surface area contributed by atoms with Gasteiger partial charge in [0.2, 0.25) is 0 Å². The van der Waals surface area contributed by atoms with Crippen LogP contribution in [-0.2, 0) is 0 Å². The van der Waals surface area contributed by atoms with Gasteiger partial charge in [0, 0.05) is 0 Å². The fourth-order valence-electron chi connectivity index (χ4n) is 0.576. The normalized spacial score (nSPS) is 6.67. The van der Waals surface area contributed by atoms with Crippen LogP contribution in [0.2, 0.25) is 0 Å². The Hall–Kier alpha value is -0.0200. The van der Waals surface area contributed by atoms with Gasteiger partial charge < -0.3 is 35.4 Å². The summed E-state index contributed by atoms with van der Waals surface area (Å²) in [4.78, 5) is 1.43. The second kappa shape index (κ2) is 22.4. The molecule has 4 N–H and O–H groups in total. The molecule has 0 aliphatic heterocycles. The molecular weight excluding hydrogens is 195 g/mol. The molecule has 0 aromatic heterocycles. The first kappa shape index (κ1) is 22.7. The third-order valence-electron chi connectivity index (χ3n) is 0.986. The second-order valence-electron chi connectivity index (χ2n) is 1.94. The lowest BCUT2D eigenvalue weighted by molar-refractivity contribution is -0.866. The zero-order valence-electron chi connectivity index (χ0n) is 7.95. The summed E-state index contributed by atoms with van der Waals surface area (Å²) in [6.45, 7) is 9.30. The van der Waals surface area contributed by atoms with Crippen molar-refractivity contribution in [3.63, 3.8) is 0 Å². The van der Waals surface area contributed by atoms with Crippen LogP contribution in [0.3, 0.4) is 0 Å². The van der Waals surface area contributed by atoms with E-state index in [9.17, 15) is 0 Å². The Morgan fingerprint density at radius 3 is 1.50 bits per heavy atom. The summed E-state index contributed by atoms with van der Waals surface area (Å²) in [6, 6.07) is 0. The van der Waals surface area contributed by atoms with Gasteiger partial charge in [-0.1, -0.05) is 13.2 Å². The summed E-state index contributed by atoms with van der Waals surface area (Å²) in [6.07, 6.45) is 3.83. The van der Waals surface area contributed by atoms with E-state index in [1.165, 1.54) is 4.90 Å². The molecule has 0 rings (SSSR count). The van der Waals surface area contributed by atoms with Crippen molar-refractivity contribution in [3.8, 4) is 0 Å². The smallest absolute Gasteiger partial charge is 0.0955 e. The highest BCUT2D eigenvalue weighted by molar-refractivity contribution is 4.66. The second-order valence-corrected chi connectivity index (χ2v) is 1.94. The van der Waals surface area contributed by atoms with Crippen molar-refractivity contribution >= 4 is 0 Å². The van der Waals surface area contributed by atoms with E-state index in [4.69, 9.17) is 0 Å². The minimum atomic E-state index is 0. The highest BCUT2D eigenvalue weighted by atomic mass is 35.5. The van der Waals surface area contributed by atoms with Crippen molar-refractivity contribution in [2.24, 2.45) is 0 Å². The number of hydrogen-bond acceptors (Lipinski definition) is 0. The molecule has 0 aromatic rings. The Balaban J connectivity index is -0.0000000740. The number of halogens is 2. The Bertz CT molecular complexity index is 77.1. The van der Waals surface area contributed by atoms with Gasteiger partial charge in [-0.05, 0) is 12.2 Å². The lowest BCUT2D eigenvalue weighted by Crippen LogP contribution is -3.08. The maximum absolute atomic E-state index is 3.63. The molecule has 0 aliphatic rings. The first-order chi connectivity index (χ1) is 4.81. The first-order valence-corrected chi connectivity index (χ1v) is 3.55. The molecule has 2 nitrogen and oxygen atoms in total. The molecule has 0 spiro atoms.